The van der Waals surface area contributed by atoms with E-state index >= 15 is 0 Å². The number of Topliss-reactive ketones (excluding diaryl/α,β-unsaturated/α-hetero) is 1. The number of halogens is 1. The van der Waals surface area contributed by atoms with Crippen molar-refractivity contribution in [1.29, 1.82) is 0 Å². The van der Waals surface area contributed by atoms with Crippen molar-refractivity contribution in [3.05, 3.63) is 71.3 Å². The van der Waals surface area contributed by atoms with Crippen molar-refractivity contribution in [2.75, 3.05) is 13.1 Å². The van der Waals surface area contributed by atoms with Gasteiger partial charge >= 0.3 is 5.97 Å². The zero-order chi connectivity index (χ0) is 19.6. The van der Waals surface area contributed by atoms with Crippen LogP contribution in [0.2, 0.25) is 0 Å². The van der Waals surface area contributed by atoms with E-state index in [0.717, 1.165) is 0 Å². The molecule has 5 nitrogen and oxygen atoms in total. The number of carboxylic acid groups (broad SMARTS) is 1. The molecule has 1 aliphatic heterocycles. The third kappa shape index (κ3) is 4.11. The van der Waals surface area contributed by atoms with Crippen LogP contribution in [0, 0.1) is 11.2 Å². The molecule has 1 N–H and O–H groups in total. The molecule has 1 saturated heterocycles. The largest absolute Gasteiger partial charge is 0.480 e. The van der Waals surface area contributed by atoms with Gasteiger partial charge in [0.05, 0.1) is 18.3 Å². The fraction of sp³-hybridized carbons (Fsp3) is 0.286. The van der Waals surface area contributed by atoms with Gasteiger partial charge in [0.1, 0.15) is 5.82 Å². The van der Waals surface area contributed by atoms with Crippen LogP contribution < -0.4 is 0 Å². The maximum atomic E-state index is 13.4. The minimum absolute atomic E-state index is 0.0656. The van der Waals surface area contributed by atoms with E-state index in [1.807, 2.05) is 6.07 Å². The van der Waals surface area contributed by atoms with E-state index < -0.39 is 17.4 Å². The number of carboxylic acids is 1. The van der Waals surface area contributed by atoms with Gasteiger partial charge in [-0.3, -0.25) is 19.5 Å². The Morgan fingerprint density at radius 1 is 1.30 bits per heavy atom. The SMILES string of the molecule is CC1(C)CN(CC(=O)O)C(c2ccc(F)cc2)C(=Cc2ccccn2)C1=O. The molecule has 0 saturated carbocycles. The van der Waals surface area contributed by atoms with E-state index in [1.165, 1.54) is 12.1 Å². The second kappa shape index (κ2) is 7.40. The lowest BCUT2D eigenvalue weighted by atomic mass is 9.74. The van der Waals surface area contributed by atoms with Gasteiger partial charge in [-0.15, -0.1) is 0 Å². The molecule has 3 rings (SSSR count). The van der Waals surface area contributed by atoms with Crippen molar-refractivity contribution in [3.63, 3.8) is 0 Å². The smallest absolute Gasteiger partial charge is 0.317 e. The Balaban J connectivity index is 2.15. The number of hydrogen-bond acceptors (Lipinski definition) is 4. The number of aliphatic carboxylic acids is 1. The van der Waals surface area contributed by atoms with E-state index in [9.17, 15) is 19.1 Å². The summed E-state index contributed by atoms with van der Waals surface area (Å²) >= 11 is 0. The van der Waals surface area contributed by atoms with Crippen LogP contribution in [0.4, 0.5) is 4.39 Å². The van der Waals surface area contributed by atoms with Crippen molar-refractivity contribution in [1.82, 2.24) is 9.88 Å². The molecule has 6 heteroatoms. The number of aromatic nitrogens is 1. The van der Waals surface area contributed by atoms with Crippen molar-refractivity contribution < 1.29 is 19.1 Å². The number of carbonyl (C=O) groups is 2. The number of benzene rings is 1. The predicted octanol–water partition coefficient (Wildman–Crippen LogP) is 3.34. The molecule has 1 fully saturated rings. The Labute approximate surface area is 157 Å². The number of rotatable bonds is 4. The lowest BCUT2D eigenvalue weighted by molar-refractivity contribution is -0.141. The molecule has 1 aromatic carbocycles. The minimum Gasteiger partial charge on any atom is -0.480 e. The molecule has 0 spiro atoms. The van der Waals surface area contributed by atoms with E-state index in [0.29, 0.717) is 23.4 Å². The maximum absolute atomic E-state index is 13.4. The van der Waals surface area contributed by atoms with Crippen molar-refractivity contribution in [2.24, 2.45) is 5.41 Å². The third-order valence-electron chi connectivity index (χ3n) is 4.65. The number of nitrogens with zero attached hydrogens (tertiary/aromatic N) is 2. The van der Waals surface area contributed by atoms with E-state index in [4.69, 9.17) is 0 Å². The van der Waals surface area contributed by atoms with Crippen LogP contribution in [0.3, 0.4) is 0 Å². The van der Waals surface area contributed by atoms with Crippen LogP contribution in [0.1, 0.15) is 31.1 Å². The van der Waals surface area contributed by atoms with Crippen molar-refractivity contribution in [2.45, 2.75) is 19.9 Å². The van der Waals surface area contributed by atoms with Gasteiger partial charge in [0.25, 0.3) is 0 Å². The van der Waals surface area contributed by atoms with Gasteiger partial charge in [-0.05, 0) is 35.9 Å². The number of ketones is 1. The fourth-order valence-electron chi connectivity index (χ4n) is 3.50. The highest BCUT2D eigenvalue weighted by atomic mass is 19.1. The third-order valence-corrected chi connectivity index (χ3v) is 4.65. The molecule has 1 atom stereocenters. The molecule has 0 radical (unpaired) electrons. The van der Waals surface area contributed by atoms with Gasteiger partial charge in [-0.2, -0.15) is 0 Å². The number of likely N-dealkylation sites (tertiary alicyclic amines) is 1. The highest BCUT2D eigenvalue weighted by molar-refractivity contribution is 6.05. The van der Waals surface area contributed by atoms with Gasteiger partial charge < -0.3 is 5.11 Å². The molecule has 27 heavy (non-hydrogen) atoms. The van der Waals surface area contributed by atoms with Crippen LogP contribution in [0.5, 0.6) is 0 Å². The van der Waals surface area contributed by atoms with Gasteiger partial charge in [-0.25, -0.2) is 4.39 Å². The first kappa shape index (κ1) is 18.9. The Morgan fingerprint density at radius 2 is 2.00 bits per heavy atom. The molecule has 1 aromatic heterocycles. The summed E-state index contributed by atoms with van der Waals surface area (Å²) in [6, 6.07) is 10.6. The molecule has 140 valence electrons. The summed E-state index contributed by atoms with van der Waals surface area (Å²) in [5, 5.41) is 9.37. The summed E-state index contributed by atoms with van der Waals surface area (Å²) in [6.45, 7) is 3.67. The van der Waals surface area contributed by atoms with Crippen LogP contribution >= 0.6 is 0 Å². The Hall–Kier alpha value is -2.86. The number of piperidine rings is 1. The summed E-state index contributed by atoms with van der Waals surface area (Å²) in [5.74, 6) is -1.44. The fourth-order valence-corrected chi connectivity index (χ4v) is 3.50. The van der Waals surface area contributed by atoms with E-state index in [1.54, 1.807) is 55.3 Å². The zero-order valence-corrected chi connectivity index (χ0v) is 15.2. The molecule has 2 aromatic rings. The number of hydrogen-bond donors (Lipinski definition) is 1. The zero-order valence-electron chi connectivity index (χ0n) is 15.2. The average molecular weight is 368 g/mol. The first-order valence-electron chi connectivity index (χ1n) is 8.67. The lowest BCUT2D eigenvalue weighted by Crippen LogP contribution is -2.50. The maximum Gasteiger partial charge on any atom is 0.317 e. The number of pyridine rings is 1. The van der Waals surface area contributed by atoms with Crippen molar-refractivity contribution in [3.8, 4) is 0 Å². The molecular weight excluding hydrogens is 347 g/mol. The van der Waals surface area contributed by atoms with Crippen LogP contribution in [-0.2, 0) is 9.59 Å². The molecule has 1 aliphatic rings. The van der Waals surface area contributed by atoms with Gasteiger partial charge in [0.15, 0.2) is 5.78 Å². The Morgan fingerprint density at radius 3 is 2.59 bits per heavy atom. The standard InChI is InChI=1S/C21H21FN2O3/c1-21(2)13-24(12-18(25)26)19(14-6-8-15(22)9-7-14)17(20(21)27)11-16-5-3-4-10-23-16/h3-11,19H,12-13H2,1-2H3,(H,25,26). The Bertz CT molecular complexity index is 876. The monoisotopic (exact) mass is 368 g/mol. The first-order valence-corrected chi connectivity index (χ1v) is 8.67. The van der Waals surface area contributed by atoms with Crippen LogP contribution in [0.15, 0.2) is 54.2 Å². The summed E-state index contributed by atoms with van der Waals surface area (Å²) in [5.41, 5.74) is 0.995. The summed E-state index contributed by atoms with van der Waals surface area (Å²) in [6.07, 6.45) is 3.33. The first-order chi connectivity index (χ1) is 12.8. The summed E-state index contributed by atoms with van der Waals surface area (Å²) in [4.78, 5) is 30.6. The average Bonchev–Trinajstić information content (AvgIpc) is 2.61. The van der Waals surface area contributed by atoms with Crippen LogP contribution in [0.25, 0.3) is 6.08 Å². The summed E-state index contributed by atoms with van der Waals surface area (Å²) in [7, 11) is 0. The van der Waals surface area contributed by atoms with Gasteiger partial charge in [0, 0.05) is 23.7 Å². The molecule has 0 amide bonds. The molecular formula is C21H21FN2O3. The lowest BCUT2D eigenvalue weighted by Gasteiger charge is -2.43. The second-order valence-corrected chi connectivity index (χ2v) is 7.32. The van der Waals surface area contributed by atoms with Gasteiger partial charge in [-0.1, -0.05) is 32.0 Å². The van der Waals surface area contributed by atoms with Gasteiger partial charge in [0.2, 0.25) is 0 Å². The van der Waals surface area contributed by atoms with E-state index in [2.05, 4.69) is 4.98 Å². The van der Waals surface area contributed by atoms with Crippen molar-refractivity contribution >= 4 is 17.8 Å². The molecule has 1 unspecified atom stereocenters. The van der Waals surface area contributed by atoms with Crippen LogP contribution in [-0.4, -0.2) is 39.8 Å². The highest BCUT2D eigenvalue weighted by Crippen LogP contribution is 2.41. The normalized spacial score (nSPS) is 21.4. The topological polar surface area (TPSA) is 70.5 Å². The molecule has 0 bridgehead atoms. The molecule has 2 heterocycles. The quantitative estimate of drug-likeness (QED) is 0.838. The molecule has 0 aliphatic carbocycles. The second-order valence-electron chi connectivity index (χ2n) is 7.32. The Kier molecular flexibility index (Phi) is 5.19. The van der Waals surface area contributed by atoms with E-state index in [-0.39, 0.29) is 18.1 Å². The summed E-state index contributed by atoms with van der Waals surface area (Å²) < 4.78 is 13.4. The minimum atomic E-state index is -0.982. The number of carbonyl (C=O) groups excluding carboxylic acids is 1. The predicted molar refractivity (Wildman–Crippen MR) is 99.4 cm³/mol. The highest BCUT2D eigenvalue weighted by Gasteiger charge is 2.44.